The van der Waals surface area contributed by atoms with Gasteiger partial charge in [0.1, 0.15) is 0 Å². The van der Waals surface area contributed by atoms with Crippen molar-refractivity contribution in [1.82, 2.24) is 5.48 Å². The van der Waals surface area contributed by atoms with Gasteiger partial charge in [0.05, 0.1) is 0 Å². The standard InChI is InChI=1S/C2H2N4O8/c7-1(3-8)2(4(9)10,5(11)12)6(13)14/h8H,(H,3,7). The first-order chi connectivity index (χ1) is 6.31. The molecule has 0 saturated heterocycles. The quantitative estimate of drug-likeness (QED) is 0.230. The molecule has 0 aromatic heterocycles. The number of hydrogen-bond donors (Lipinski definition) is 2. The largest absolute Gasteiger partial charge is 0.783 e. The number of nitrogens with zero attached hydrogens (tertiary/aromatic N) is 3. The number of amides is 1. The zero-order chi connectivity index (χ0) is 11.5. The zero-order valence-electron chi connectivity index (χ0n) is 6.15. The third-order valence-electron chi connectivity index (χ3n) is 1.17. The van der Waals surface area contributed by atoms with Gasteiger partial charge in [0.15, 0.2) is 14.8 Å². The Labute approximate surface area is 73.5 Å². The van der Waals surface area contributed by atoms with Crippen LogP contribution in [0.15, 0.2) is 0 Å². The van der Waals surface area contributed by atoms with E-state index in [2.05, 4.69) is 0 Å². The molecule has 0 aromatic rings. The van der Waals surface area contributed by atoms with Crippen LogP contribution in [0.2, 0.25) is 0 Å². The van der Waals surface area contributed by atoms with E-state index >= 15 is 0 Å². The molecule has 0 fully saturated rings. The van der Waals surface area contributed by atoms with Gasteiger partial charge in [0, 0.05) is 0 Å². The Kier molecular flexibility index (Phi) is 2.96. The minimum Gasteiger partial charge on any atom is -0.288 e. The molecule has 0 saturated carbocycles. The number of hydroxylamine groups is 1. The fourth-order valence-corrected chi connectivity index (χ4v) is 0.524. The molecule has 1 amide bonds. The summed E-state index contributed by atoms with van der Waals surface area (Å²) in [6.07, 6.45) is 0. The molecule has 0 heterocycles. The predicted octanol–water partition coefficient (Wildman–Crippen LogP) is -2.02. The van der Waals surface area contributed by atoms with Crippen LogP contribution in [0, 0.1) is 30.3 Å². The van der Waals surface area contributed by atoms with Crippen LogP contribution in [0.1, 0.15) is 0 Å². The van der Waals surface area contributed by atoms with Crippen molar-refractivity contribution < 1.29 is 24.8 Å². The summed E-state index contributed by atoms with van der Waals surface area (Å²) in [5.41, 5.74) is 0.486. The van der Waals surface area contributed by atoms with Crippen LogP contribution in [0.3, 0.4) is 0 Å². The third kappa shape index (κ3) is 1.28. The molecule has 0 rings (SSSR count). The maximum absolute atomic E-state index is 10.5. The molecular weight excluding hydrogens is 208 g/mol. The van der Waals surface area contributed by atoms with Gasteiger partial charge in [0.2, 0.25) is 0 Å². The summed E-state index contributed by atoms with van der Waals surface area (Å²) in [5.74, 6) is -6.69. The zero-order valence-corrected chi connectivity index (χ0v) is 6.15. The Balaban J connectivity index is 5.63. The van der Waals surface area contributed by atoms with Crippen molar-refractivity contribution in [2.45, 2.75) is 5.79 Å². The minimum atomic E-state index is -4.32. The molecule has 14 heavy (non-hydrogen) atoms. The molecule has 0 spiro atoms. The number of carbonyl (C=O) groups is 1. The number of hydrogen-bond acceptors (Lipinski definition) is 8. The van der Waals surface area contributed by atoms with E-state index in [1.165, 1.54) is 0 Å². The van der Waals surface area contributed by atoms with E-state index in [-0.39, 0.29) is 0 Å². The van der Waals surface area contributed by atoms with Crippen molar-refractivity contribution in [2.24, 2.45) is 0 Å². The molecule has 78 valence electrons. The van der Waals surface area contributed by atoms with E-state index < -0.39 is 26.5 Å². The second-order valence-electron chi connectivity index (χ2n) is 1.85. The first-order valence-electron chi connectivity index (χ1n) is 2.69. The van der Waals surface area contributed by atoms with Crippen LogP contribution < -0.4 is 5.48 Å². The van der Waals surface area contributed by atoms with Crippen LogP contribution in [0.25, 0.3) is 0 Å². The van der Waals surface area contributed by atoms with Crippen LogP contribution in [-0.2, 0) is 4.79 Å². The van der Waals surface area contributed by atoms with Crippen LogP contribution in [0.5, 0.6) is 0 Å². The highest BCUT2D eigenvalue weighted by Gasteiger charge is 2.78. The average molecular weight is 210 g/mol. The summed E-state index contributed by atoms with van der Waals surface area (Å²) in [6, 6.07) is 0. The predicted molar refractivity (Wildman–Crippen MR) is 33.6 cm³/mol. The average Bonchev–Trinajstić information content (AvgIpc) is 2.02. The summed E-state index contributed by atoms with van der Waals surface area (Å²) in [7, 11) is 0. The topological polar surface area (TPSA) is 179 Å². The Morgan fingerprint density at radius 2 is 1.36 bits per heavy atom. The lowest BCUT2D eigenvalue weighted by molar-refractivity contribution is -0.948. The highest BCUT2D eigenvalue weighted by Crippen LogP contribution is 2.11. The second kappa shape index (κ2) is 3.56. The van der Waals surface area contributed by atoms with Gasteiger partial charge in [-0.15, -0.1) is 0 Å². The molecule has 0 unspecified atom stereocenters. The van der Waals surface area contributed by atoms with Gasteiger partial charge >= 0.3 is 11.7 Å². The molecule has 0 radical (unpaired) electrons. The molecule has 12 heteroatoms. The van der Waals surface area contributed by atoms with Gasteiger partial charge in [-0.3, -0.25) is 35.6 Å². The fraction of sp³-hybridized carbons (Fsp3) is 0.500. The molecular formula is C2H2N4O8. The molecule has 0 aliphatic rings. The smallest absolute Gasteiger partial charge is 0.288 e. The molecule has 0 aliphatic heterocycles. The summed E-state index contributed by atoms with van der Waals surface area (Å²) in [5, 5.41) is 38.1. The fourth-order valence-electron chi connectivity index (χ4n) is 0.524. The molecule has 12 nitrogen and oxygen atoms in total. The number of rotatable bonds is 4. The Morgan fingerprint density at radius 3 is 1.43 bits per heavy atom. The van der Waals surface area contributed by atoms with Crippen molar-refractivity contribution in [3.8, 4) is 0 Å². The molecule has 2 N–H and O–H groups in total. The van der Waals surface area contributed by atoms with Crippen LogP contribution >= 0.6 is 0 Å². The number of carbonyl (C=O) groups excluding carboxylic acids is 1. The van der Waals surface area contributed by atoms with Gasteiger partial charge in [-0.2, -0.15) is 0 Å². The lowest BCUT2D eigenvalue weighted by atomic mass is 10.4. The van der Waals surface area contributed by atoms with E-state index in [4.69, 9.17) is 5.21 Å². The normalized spacial score (nSPS) is 10.4. The Morgan fingerprint density at radius 1 is 1.07 bits per heavy atom. The van der Waals surface area contributed by atoms with Crippen LogP contribution in [-0.4, -0.2) is 31.7 Å². The molecule has 0 aliphatic carbocycles. The summed E-state index contributed by atoms with van der Waals surface area (Å²) >= 11 is 0. The van der Waals surface area contributed by atoms with Crippen molar-refractivity contribution in [3.05, 3.63) is 30.3 Å². The number of nitro groups is 3. The lowest BCUT2D eigenvalue weighted by Crippen LogP contribution is -2.62. The van der Waals surface area contributed by atoms with E-state index in [0.29, 0.717) is 5.48 Å². The van der Waals surface area contributed by atoms with E-state index in [0.717, 1.165) is 0 Å². The highest BCUT2D eigenvalue weighted by molar-refractivity contribution is 5.80. The molecule has 0 aromatic carbocycles. The van der Waals surface area contributed by atoms with E-state index in [1.807, 2.05) is 0 Å². The third-order valence-corrected chi connectivity index (χ3v) is 1.17. The first-order valence-corrected chi connectivity index (χ1v) is 2.69. The van der Waals surface area contributed by atoms with Gasteiger partial charge in [-0.25, -0.2) is 10.3 Å². The maximum atomic E-state index is 10.5. The van der Waals surface area contributed by atoms with E-state index in [1.54, 1.807) is 0 Å². The highest BCUT2D eigenvalue weighted by atomic mass is 16.7. The van der Waals surface area contributed by atoms with Crippen molar-refractivity contribution in [1.29, 1.82) is 0 Å². The van der Waals surface area contributed by atoms with Crippen molar-refractivity contribution in [3.63, 3.8) is 0 Å². The molecule has 0 bridgehead atoms. The van der Waals surface area contributed by atoms with E-state index in [9.17, 15) is 35.1 Å². The maximum Gasteiger partial charge on any atom is 0.783 e. The van der Waals surface area contributed by atoms with Crippen molar-refractivity contribution >= 4 is 5.91 Å². The SMILES string of the molecule is O=C(NO)C([N+](=O)[O-])([N+](=O)[O-])[N+](=O)[O-]. The second-order valence-corrected chi connectivity index (χ2v) is 1.85. The monoisotopic (exact) mass is 210 g/mol. The van der Waals surface area contributed by atoms with Crippen molar-refractivity contribution in [2.75, 3.05) is 0 Å². The van der Waals surface area contributed by atoms with Crippen LogP contribution in [0.4, 0.5) is 0 Å². The Hall–Kier alpha value is -2.37. The Bertz CT molecular complexity index is 272. The number of nitrogens with one attached hydrogen (secondary N) is 1. The van der Waals surface area contributed by atoms with Gasteiger partial charge in [0.25, 0.3) is 0 Å². The van der Waals surface area contributed by atoms with Gasteiger partial charge in [-0.05, 0) is 0 Å². The lowest BCUT2D eigenvalue weighted by Gasteiger charge is -2.05. The first kappa shape index (κ1) is 11.6. The van der Waals surface area contributed by atoms with Gasteiger partial charge in [-0.1, -0.05) is 0 Å². The van der Waals surface area contributed by atoms with Gasteiger partial charge < -0.3 is 0 Å². The summed E-state index contributed by atoms with van der Waals surface area (Å²) in [4.78, 5) is 34.5. The summed E-state index contributed by atoms with van der Waals surface area (Å²) in [6.45, 7) is 0. The molecule has 0 atom stereocenters. The summed E-state index contributed by atoms with van der Waals surface area (Å²) < 4.78 is 0. The minimum absolute atomic E-state index is 0.486.